The van der Waals surface area contributed by atoms with Crippen molar-refractivity contribution in [2.24, 2.45) is 0 Å². The number of halogens is 1. The number of benzene rings is 2. The molecule has 120 valence electrons. The minimum Gasteiger partial charge on any atom is -0.481 e. The third-order valence-corrected chi connectivity index (χ3v) is 3.19. The number of carbonyl (C=O) groups excluding carboxylic acids is 2. The first-order chi connectivity index (χ1) is 10.9. The van der Waals surface area contributed by atoms with Crippen molar-refractivity contribution in [2.45, 2.75) is 20.0 Å². The molecule has 1 atom stereocenters. The summed E-state index contributed by atoms with van der Waals surface area (Å²) >= 11 is 5.88. The lowest BCUT2D eigenvalue weighted by Crippen LogP contribution is -2.30. The molecule has 2 aromatic rings. The van der Waals surface area contributed by atoms with Crippen LogP contribution in [0.15, 0.2) is 48.5 Å². The summed E-state index contributed by atoms with van der Waals surface area (Å²) < 4.78 is 5.55. The van der Waals surface area contributed by atoms with Gasteiger partial charge in [0.05, 0.1) is 0 Å². The average molecular weight is 333 g/mol. The maximum Gasteiger partial charge on any atom is 0.265 e. The van der Waals surface area contributed by atoms with Gasteiger partial charge in [0, 0.05) is 23.3 Å². The summed E-state index contributed by atoms with van der Waals surface area (Å²) in [5.41, 5.74) is 1.28. The van der Waals surface area contributed by atoms with Crippen molar-refractivity contribution in [3.63, 3.8) is 0 Å². The molecule has 2 N–H and O–H groups in total. The average Bonchev–Trinajstić information content (AvgIpc) is 2.48. The Labute approximate surface area is 139 Å². The van der Waals surface area contributed by atoms with Gasteiger partial charge in [0.25, 0.3) is 5.91 Å². The summed E-state index contributed by atoms with van der Waals surface area (Å²) in [5, 5.41) is 5.95. The topological polar surface area (TPSA) is 67.4 Å². The van der Waals surface area contributed by atoms with Crippen LogP contribution in [-0.2, 0) is 9.59 Å². The second-order valence-electron chi connectivity index (χ2n) is 4.97. The Morgan fingerprint density at radius 1 is 1.04 bits per heavy atom. The van der Waals surface area contributed by atoms with Crippen molar-refractivity contribution >= 4 is 34.8 Å². The van der Waals surface area contributed by atoms with Crippen LogP contribution in [-0.4, -0.2) is 17.9 Å². The van der Waals surface area contributed by atoms with Crippen molar-refractivity contribution in [1.29, 1.82) is 0 Å². The molecule has 0 aliphatic rings. The SMILES string of the molecule is CC(=O)Nc1ccc(NC(=O)[C@H](C)Oc2cccc(Cl)c2)cc1. The van der Waals surface area contributed by atoms with E-state index in [9.17, 15) is 9.59 Å². The van der Waals surface area contributed by atoms with E-state index in [1.807, 2.05) is 0 Å². The summed E-state index contributed by atoms with van der Waals surface area (Å²) in [7, 11) is 0. The van der Waals surface area contributed by atoms with Gasteiger partial charge in [0.2, 0.25) is 5.91 Å². The summed E-state index contributed by atoms with van der Waals surface area (Å²) in [6.07, 6.45) is -0.677. The molecule has 2 amide bonds. The third kappa shape index (κ3) is 5.30. The standard InChI is InChI=1S/C17H17ClN2O3/c1-11(23-16-5-3-4-13(18)10-16)17(22)20-15-8-6-14(7-9-15)19-12(2)21/h3-11H,1-2H3,(H,19,21)(H,20,22)/t11-/m0/s1. The van der Waals surface area contributed by atoms with E-state index >= 15 is 0 Å². The summed E-state index contributed by atoms with van der Waals surface area (Å²) in [6, 6.07) is 13.7. The van der Waals surface area contributed by atoms with E-state index in [1.54, 1.807) is 55.5 Å². The first-order valence-electron chi connectivity index (χ1n) is 7.05. The van der Waals surface area contributed by atoms with Crippen LogP contribution in [0.3, 0.4) is 0 Å². The van der Waals surface area contributed by atoms with Crippen LogP contribution in [0.1, 0.15) is 13.8 Å². The second kappa shape index (κ2) is 7.65. The highest BCUT2D eigenvalue weighted by atomic mass is 35.5. The van der Waals surface area contributed by atoms with Gasteiger partial charge in [-0.2, -0.15) is 0 Å². The van der Waals surface area contributed by atoms with E-state index < -0.39 is 6.10 Å². The molecule has 0 aliphatic carbocycles. The van der Waals surface area contributed by atoms with Crippen LogP contribution in [0, 0.1) is 0 Å². The van der Waals surface area contributed by atoms with Gasteiger partial charge in [0.1, 0.15) is 5.75 Å². The van der Waals surface area contributed by atoms with E-state index in [1.165, 1.54) is 6.92 Å². The second-order valence-corrected chi connectivity index (χ2v) is 5.40. The molecule has 23 heavy (non-hydrogen) atoms. The van der Waals surface area contributed by atoms with Crippen molar-refractivity contribution in [3.8, 4) is 5.75 Å². The van der Waals surface area contributed by atoms with E-state index in [2.05, 4.69) is 10.6 Å². The fourth-order valence-corrected chi connectivity index (χ4v) is 2.06. The Kier molecular flexibility index (Phi) is 5.60. The Morgan fingerprint density at radius 2 is 1.65 bits per heavy atom. The molecule has 5 nitrogen and oxygen atoms in total. The maximum atomic E-state index is 12.1. The number of anilines is 2. The molecule has 0 aromatic heterocycles. The minimum absolute atomic E-state index is 0.148. The predicted octanol–water partition coefficient (Wildman–Crippen LogP) is 3.70. The Balaban J connectivity index is 1.94. The molecule has 0 aliphatic heterocycles. The quantitative estimate of drug-likeness (QED) is 0.877. The van der Waals surface area contributed by atoms with Crippen LogP contribution in [0.4, 0.5) is 11.4 Å². The number of hydrogen-bond acceptors (Lipinski definition) is 3. The lowest BCUT2D eigenvalue weighted by molar-refractivity contribution is -0.122. The number of hydrogen-bond donors (Lipinski definition) is 2. The smallest absolute Gasteiger partial charge is 0.265 e. The molecule has 0 bridgehead atoms. The summed E-state index contributed by atoms with van der Waals surface area (Å²) in [5.74, 6) is 0.101. The fourth-order valence-electron chi connectivity index (χ4n) is 1.88. The molecule has 0 spiro atoms. The Morgan fingerprint density at radius 3 is 2.22 bits per heavy atom. The molecule has 2 rings (SSSR count). The van der Waals surface area contributed by atoms with Gasteiger partial charge < -0.3 is 15.4 Å². The van der Waals surface area contributed by atoms with E-state index in [-0.39, 0.29) is 11.8 Å². The first-order valence-corrected chi connectivity index (χ1v) is 7.42. The van der Waals surface area contributed by atoms with E-state index in [0.29, 0.717) is 22.1 Å². The van der Waals surface area contributed by atoms with Crippen molar-refractivity contribution in [1.82, 2.24) is 0 Å². The van der Waals surface area contributed by atoms with Crippen LogP contribution in [0.5, 0.6) is 5.75 Å². The minimum atomic E-state index is -0.677. The Hall–Kier alpha value is -2.53. The third-order valence-electron chi connectivity index (χ3n) is 2.95. The van der Waals surface area contributed by atoms with Gasteiger partial charge in [-0.1, -0.05) is 17.7 Å². The molecule has 2 aromatic carbocycles. The van der Waals surface area contributed by atoms with Gasteiger partial charge in [-0.05, 0) is 49.4 Å². The van der Waals surface area contributed by atoms with Gasteiger partial charge in [-0.15, -0.1) is 0 Å². The van der Waals surface area contributed by atoms with Gasteiger partial charge in [-0.3, -0.25) is 9.59 Å². The van der Waals surface area contributed by atoms with Crippen LogP contribution in [0.2, 0.25) is 5.02 Å². The van der Waals surface area contributed by atoms with E-state index in [4.69, 9.17) is 16.3 Å². The monoisotopic (exact) mass is 332 g/mol. The summed E-state index contributed by atoms with van der Waals surface area (Å²) in [6.45, 7) is 3.09. The molecule has 0 saturated heterocycles. The molecule has 0 heterocycles. The zero-order valence-electron chi connectivity index (χ0n) is 12.8. The normalized spacial score (nSPS) is 11.4. The van der Waals surface area contributed by atoms with Crippen LogP contribution >= 0.6 is 11.6 Å². The van der Waals surface area contributed by atoms with Crippen LogP contribution < -0.4 is 15.4 Å². The van der Waals surface area contributed by atoms with Gasteiger partial charge in [-0.25, -0.2) is 0 Å². The number of ether oxygens (including phenoxy) is 1. The van der Waals surface area contributed by atoms with Crippen molar-refractivity contribution in [3.05, 3.63) is 53.6 Å². The maximum absolute atomic E-state index is 12.1. The largest absolute Gasteiger partial charge is 0.481 e. The molecule has 6 heteroatoms. The van der Waals surface area contributed by atoms with Gasteiger partial charge >= 0.3 is 0 Å². The zero-order valence-corrected chi connectivity index (χ0v) is 13.6. The number of rotatable bonds is 5. The predicted molar refractivity (Wildman–Crippen MR) is 90.9 cm³/mol. The highest BCUT2D eigenvalue weighted by Crippen LogP contribution is 2.19. The number of carbonyl (C=O) groups is 2. The molecule has 0 unspecified atom stereocenters. The van der Waals surface area contributed by atoms with Gasteiger partial charge in [0.15, 0.2) is 6.10 Å². The first kappa shape index (κ1) is 16.8. The molecule has 0 radical (unpaired) electrons. The molecular weight excluding hydrogens is 316 g/mol. The lowest BCUT2D eigenvalue weighted by atomic mass is 10.2. The fraction of sp³-hybridized carbons (Fsp3) is 0.176. The Bertz CT molecular complexity index is 701. The number of nitrogens with one attached hydrogen (secondary N) is 2. The highest BCUT2D eigenvalue weighted by molar-refractivity contribution is 6.30. The highest BCUT2D eigenvalue weighted by Gasteiger charge is 2.15. The molecular formula is C17H17ClN2O3. The number of amides is 2. The summed E-state index contributed by atoms with van der Waals surface area (Å²) in [4.78, 5) is 23.1. The molecule has 0 fully saturated rings. The van der Waals surface area contributed by atoms with E-state index in [0.717, 1.165) is 0 Å². The molecule has 0 saturated carbocycles. The van der Waals surface area contributed by atoms with Crippen molar-refractivity contribution in [2.75, 3.05) is 10.6 Å². The zero-order chi connectivity index (χ0) is 16.8. The van der Waals surface area contributed by atoms with Crippen LogP contribution in [0.25, 0.3) is 0 Å². The van der Waals surface area contributed by atoms with Crippen molar-refractivity contribution < 1.29 is 14.3 Å². The lowest BCUT2D eigenvalue weighted by Gasteiger charge is -2.15.